The molecule has 0 saturated carbocycles. The van der Waals surface area contributed by atoms with Gasteiger partial charge in [0, 0.05) is 16.7 Å². The molecule has 0 radical (unpaired) electrons. The van der Waals surface area contributed by atoms with E-state index < -0.39 is 17.8 Å². The zero-order valence-electron chi connectivity index (χ0n) is 19.4. The van der Waals surface area contributed by atoms with Crippen LogP contribution in [0.1, 0.15) is 22.3 Å². The van der Waals surface area contributed by atoms with Crippen molar-refractivity contribution in [2.75, 3.05) is 12.0 Å². The molecule has 1 fully saturated rings. The van der Waals surface area contributed by atoms with Crippen molar-refractivity contribution in [3.63, 3.8) is 0 Å². The minimum atomic E-state index is -0.792. The van der Waals surface area contributed by atoms with Crippen LogP contribution in [0.25, 0.3) is 6.08 Å². The summed E-state index contributed by atoms with van der Waals surface area (Å²) < 4.78 is 11.3. The highest BCUT2D eigenvalue weighted by Crippen LogP contribution is 2.31. The minimum Gasteiger partial charge on any atom is -0.497 e. The van der Waals surface area contributed by atoms with Crippen LogP contribution in [-0.4, -0.2) is 25.0 Å². The highest BCUT2D eigenvalue weighted by atomic mass is 35.5. The van der Waals surface area contributed by atoms with Gasteiger partial charge in [0.2, 0.25) is 0 Å². The number of nitrogens with one attached hydrogen (secondary N) is 1. The van der Waals surface area contributed by atoms with Gasteiger partial charge >= 0.3 is 6.03 Å². The molecule has 178 valence electrons. The van der Waals surface area contributed by atoms with E-state index in [-0.39, 0.29) is 12.2 Å². The number of benzene rings is 3. The molecule has 1 aliphatic heterocycles. The fourth-order valence-corrected chi connectivity index (χ4v) is 3.76. The Morgan fingerprint density at radius 1 is 1.00 bits per heavy atom. The molecule has 0 atom stereocenters. The standard InChI is InChI=1S/C27H23ClN2O5/c1-16-5-4-6-23(17(16)2)30-26(32)22(25(31)29-27(30)33)13-19-9-12-21(34-3)14-24(19)35-15-18-7-10-20(28)11-8-18/h4-14H,15H2,1-3H3,(H,29,31,33)/b22-13+. The normalized spacial score (nSPS) is 14.8. The van der Waals surface area contributed by atoms with Crippen LogP contribution in [0.5, 0.6) is 11.5 Å². The monoisotopic (exact) mass is 490 g/mol. The Kier molecular flexibility index (Phi) is 6.89. The number of aryl methyl sites for hydroxylation is 1. The molecule has 1 saturated heterocycles. The number of halogens is 1. The Labute approximate surface area is 207 Å². The van der Waals surface area contributed by atoms with Crippen LogP contribution >= 0.6 is 11.6 Å². The van der Waals surface area contributed by atoms with Crippen molar-refractivity contribution in [3.8, 4) is 11.5 Å². The molecule has 0 spiro atoms. The van der Waals surface area contributed by atoms with Gasteiger partial charge in [-0.05, 0) is 66.9 Å². The third kappa shape index (κ3) is 5.05. The van der Waals surface area contributed by atoms with Gasteiger partial charge in [0.05, 0.1) is 12.8 Å². The number of carbonyl (C=O) groups excluding carboxylic acids is 3. The second-order valence-corrected chi connectivity index (χ2v) is 8.43. The first kappa shape index (κ1) is 24.0. The summed E-state index contributed by atoms with van der Waals surface area (Å²) in [5.74, 6) is -0.541. The molecule has 4 rings (SSSR count). The minimum absolute atomic E-state index is 0.188. The highest BCUT2D eigenvalue weighted by Gasteiger charge is 2.37. The van der Waals surface area contributed by atoms with Crippen molar-refractivity contribution in [2.45, 2.75) is 20.5 Å². The number of rotatable bonds is 6. The number of ether oxygens (including phenoxy) is 2. The average molecular weight is 491 g/mol. The quantitative estimate of drug-likeness (QED) is 0.378. The summed E-state index contributed by atoms with van der Waals surface area (Å²) in [6, 6.07) is 16.8. The summed E-state index contributed by atoms with van der Waals surface area (Å²) in [6.45, 7) is 3.93. The maximum atomic E-state index is 13.4. The SMILES string of the molecule is COc1ccc(/C=C2\C(=O)NC(=O)N(c3cccc(C)c3C)C2=O)c(OCc2ccc(Cl)cc2)c1. The van der Waals surface area contributed by atoms with E-state index in [1.165, 1.54) is 13.2 Å². The van der Waals surface area contributed by atoms with E-state index in [1.807, 2.05) is 32.0 Å². The van der Waals surface area contributed by atoms with Crippen LogP contribution in [0.3, 0.4) is 0 Å². The number of anilines is 1. The molecule has 1 aliphatic rings. The first-order chi connectivity index (χ1) is 16.8. The molecule has 1 N–H and O–H groups in total. The second-order valence-electron chi connectivity index (χ2n) is 8.00. The summed E-state index contributed by atoms with van der Waals surface area (Å²) in [7, 11) is 1.53. The third-order valence-corrected chi connectivity index (χ3v) is 6.00. The number of carbonyl (C=O) groups is 3. The molecule has 0 aromatic heterocycles. The summed E-state index contributed by atoms with van der Waals surface area (Å²) >= 11 is 5.95. The Balaban J connectivity index is 1.70. The van der Waals surface area contributed by atoms with Crippen molar-refractivity contribution in [1.29, 1.82) is 0 Å². The van der Waals surface area contributed by atoms with Gasteiger partial charge in [-0.25, -0.2) is 9.69 Å². The van der Waals surface area contributed by atoms with Gasteiger partial charge in [-0.3, -0.25) is 14.9 Å². The number of amides is 4. The fourth-order valence-electron chi connectivity index (χ4n) is 3.64. The predicted octanol–water partition coefficient (Wildman–Crippen LogP) is 5.21. The molecule has 3 aromatic carbocycles. The van der Waals surface area contributed by atoms with Gasteiger partial charge in [-0.15, -0.1) is 0 Å². The number of hydrogen-bond acceptors (Lipinski definition) is 5. The van der Waals surface area contributed by atoms with Crippen LogP contribution in [-0.2, 0) is 16.2 Å². The first-order valence-corrected chi connectivity index (χ1v) is 11.2. The summed E-state index contributed by atoms with van der Waals surface area (Å²) in [5.41, 5.74) is 3.27. The predicted molar refractivity (Wildman–Crippen MR) is 134 cm³/mol. The van der Waals surface area contributed by atoms with E-state index in [0.29, 0.717) is 27.8 Å². The largest absolute Gasteiger partial charge is 0.497 e. The maximum Gasteiger partial charge on any atom is 0.335 e. The zero-order valence-corrected chi connectivity index (χ0v) is 20.2. The number of urea groups is 1. The average Bonchev–Trinajstić information content (AvgIpc) is 2.84. The van der Waals surface area contributed by atoms with Gasteiger partial charge in [0.15, 0.2) is 0 Å². The Hall–Kier alpha value is -4.10. The molecule has 35 heavy (non-hydrogen) atoms. The molecule has 7 nitrogen and oxygen atoms in total. The topological polar surface area (TPSA) is 84.9 Å². The van der Waals surface area contributed by atoms with E-state index in [1.54, 1.807) is 42.5 Å². The second kappa shape index (κ2) is 10.0. The molecular formula is C27H23ClN2O5. The van der Waals surface area contributed by atoms with Gasteiger partial charge in [-0.1, -0.05) is 35.9 Å². The number of methoxy groups -OCH3 is 1. The number of imide groups is 2. The van der Waals surface area contributed by atoms with Crippen LogP contribution in [0.4, 0.5) is 10.5 Å². The molecule has 3 aromatic rings. The maximum absolute atomic E-state index is 13.4. The smallest absolute Gasteiger partial charge is 0.335 e. The van der Waals surface area contributed by atoms with E-state index in [9.17, 15) is 14.4 Å². The molecule has 0 bridgehead atoms. The van der Waals surface area contributed by atoms with Gasteiger partial charge in [0.25, 0.3) is 11.8 Å². The van der Waals surface area contributed by atoms with Crippen LogP contribution in [0.15, 0.2) is 66.2 Å². The lowest BCUT2D eigenvalue weighted by Crippen LogP contribution is -2.54. The Bertz CT molecular complexity index is 1350. The molecule has 1 heterocycles. The Morgan fingerprint density at radius 2 is 1.74 bits per heavy atom. The van der Waals surface area contributed by atoms with E-state index in [0.717, 1.165) is 21.6 Å². The van der Waals surface area contributed by atoms with E-state index >= 15 is 0 Å². The molecule has 0 aliphatic carbocycles. The lowest BCUT2D eigenvalue weighted by molar-refractivity contribution is -0.122. The molecule has 0 unspecified atom stereocenters. The van der Waals surface area contributed by atoms with Gasteiger partial charge in [-0.2, -0.15) is 0 Å². The highest BCUT2D eigenvalue weighted by molar-refractivity contribution is 6.39. The van der Waals surface area contributed by atoms with Crippen molar-refractivity contribution in [3.05, 3.63) is 93.5 Å². The Morgan fingerprint density at radius 3 is 2.46 bits per heavy atom. The van der Waals surface area contributed by atoms with Crippen LogP contribution in [0, 0.1) is 13.8 Å². The molecule has 4 amide bonds. The summed E-state index contributed by atoms with van der Waals surface area (Å²) in [5, 5.41) is 2.88. The van der Waals surface area contributed by atoms with Crippen molar-refractivity contribution in [2.24, 2.45) is 0 Å². The zero-order chi connectivity index (χ0) is 25.1. The lowest BCUT2D eigenvalue weighted by Gasteiger charge is -2.28. The third-order valence-electron chi connectivity index (χ3n) is 5.75. The summed E-state index contributed by atoms with van der Waals surface area (Å²) in [4.78, 5) is 39.6. The van der Waals surface area contributed by atoms with Crippen molar-refractivity contribution < 1.29 is 23.9 Å². The molecule has 8 heteroatoms. The van der Waals surface area contributed by atoms with Crippen LogP contribution in [0.2, 0.25) is 5.02 Å². The van der Waals surface area contributed by atoms with Crippen LogP contribution < -0.4 is 19.7 Å². The number of hydrogen-bond donors (Lipinski definition) is 1. The van der Waals surface area contributed by atoms with Crippen molar-refractivity contribution >= 4 is 41.2 Å². The fraction of sp³-hybridized carbons (Fsp3) is 0.148. The van der Waals surface area contributed by atoms with Crippen molar-refractivity contribution in [1.82, 2.24) is 5.32 Å². The van der Waals surface area contributed by atoms with E-state index in [2.05, 4.69) is 5.32 Å². The van der Waals surface area contributed by atoms with E-state index in [4.69, 9.17) is 21.1 Å². The number of nitrogens with zero attached hydrogens (tertiary/aromatic N) is 1. The molecular weight excluding hydrogens is 468 g/mol. The van der Waals surface area contributed by atoms with Gasteiger partial charge < -0.3 is 9.47 Å². The number of barbiturate groups is 1. The first-order valence-electron chi connectivity index (χ1n) is 10.8. The summed E-state index contributed by atoms with van der Waals surface area (Å²) in [6.07, 6.45) is 1.42. The van der Waals surface area contributed by atoms with Gasteiger partial charge in [0.1, 0.15) is 23.7 Å². The lowest BCUT2D eigenvalue weighted by atomic mass is 10.0.